The number of halogens is 1. The summed E-state index contributed by atoms with van der Waals surface area (Å²) >= 11 is 7.26. The van der Waals surface area contributed by atoms with E-state index in [4.69, 9.17) is 16.3 Å². The maximum atomic E-state index is 13.3. The topological polar surface area (TPSA) is 102 Å². The van der Waals surface area contributed by atoms with Crippen molar-refractivity contribution < 1.29 is 14.3 Å². The van der Waals surface area contributed by atoms with Crippen molar-refractivity contribution in [3.8, 4) is 5.75 Å². The Morgan fingerprint density at radius 3 is 2.60 bits per heavy atom. The first-order chi connectivity index (χ1) is 16.7. The summed E-state index contributed by atoms with van der Waals surface area (Å²) in [6.45, 7) is 5.17. The highest BCUT2D eigenvalue weighted by Crippen LogP contribution is 2.30. The molecule has 2 heterocycles. The molecule has 0 aliphatic rings. The summed E-state index contributed by atoms with van der Waals surface area (Å²) < 4.78 is 6.55. The van der Waals surface area contributed by atoms with E-state index in [0.29, 0.717) is 42.8 Å². The first-order valence-electron chi connectivity index (χ1n) is 10.7. The lowest BCUT2D eigenvalue weighted by Crippen LogP contribution is -2.31. The lowest BCUT2D eigenvalue weighted by atomic mass is 10.2. The predicted molar refractivity (Wildman–Crippen MR) is 139 cm³/mol. The van der Waals surface area contributed by atoms with Gasteiger partial charge in [-0.15, -0.1) is 11.3 Å². The van der Waals surface area contributed by atoms with Crippen LogP contribution in [0.3, 0.4) is 0 Å². The van der Waals surface area contributed by atoms with E-state index >= 15 is 0 Å². The first kappa shape index (κ1) is 24.4. The smallest absolute Gasteiger partial charge is 0.266 e. The molecule has 2 aromatic heterocycles. The van der Waals surface area contributed by atoms with E-state index in [1.54, 1.807) is 56.3 Å². The van der Waals surface area contributed by atoms with Crippen LogP contribution in [-0.4, -0.2) is 28.5 Å². The number of anilines is 2. The zero-order valence-corrected chi connectivity index (χ0v) is 21.1. The van der Waals surface area contributed by atoms with Crippen LogP contribution in [0.1, 0.15) is 33.8 Å². The number of carbonyl (C=O) groups is 2. The molecule has 10 heteroatoms. The number of amides is 2. The summed E-state index contributed by atoms with van der Waals surface area (Å²) in [5.74, 6) is -0.243. The van der Waals surface area contributed by atoms with Crippen molar-refractivity contribution in [2.75, 3.05) is 17.7 Å². The van der Waals surface area contributed by atoms with Crippen molar-refractivity contribution in [1.82, 2.24) is 9.55 Å². The van der Waals surface area contributed by atoms with Gasteiger partial charge < -0.3 is 15.4 Å². The molecule has 0 saturated carbocycles. The van der Waals surface area contributed by atoms with Crippen LogP contribution in [0.25, 0.3) is 10.2 Å². The van der Waals surface area contributed by atoms with Crippen molar-refractivity contribution in [2.24, 2.45) is 0 Å². The third-order valence-corrected chi connectivity index (χ3v) is 7.28. The van der Waals surface area contributed by atoms with Crippen molar-refractivity contribution in [1.29, 1.82) is 0 Å². The number of nitrogens with zero attached hydrogens (tertiary/aromatic N) is 2. The molecule has 0 aliphatic heterocycles. The second kappa shape index (κ2) is 9.89. The van der Waals surface area contributed by atoms with Crippen molar-refractivity contribution in [2.45, 2.75) is 26.8 Å². The van der Waals surface area contributed by atoms with Crippen LogP contribution in [0.15, 0.2) is 53.6 Å². The molecular formula is C25H23ClN4O4S. The Hall–Kier alpha value is -3.69. The van der Waals surface area contributed by atoms with Gasteiger partial charge in [-0.05, 0) is 56.2 Å². The Labute approximate surface area is 210 Å². The third kappa shape index (κ3) is 4.78. The number of ether oxygens (including phenoxy) is 1. The van der Waals surface area contributed by atoms with Gasteiger partial charge in [0, 0.05) is 10.7 Å². The van der Waals surface area contributed by atoms with Crippen LogP contribution in [-0.2, 0) is 4.79 Å². The van der Waals surface area contributed by atoms with Gasteiger partial charge in [0.1, 0.15) is 16.6 Å². The average Bonchev–Trinajstić information content (AvgIpc) is 3.18. The van der Waals surface area contributed by atoms with Gasteiger partial charge in [0.15, 0.2) is 0 Å². The lowest BCUT2D eigenvalue weighted by Gasteiger charge is -2.15. The highest BCUT2D eigenvalue weighted by atomic mass is 35.5. The number of benzene rings is 2. The SMILES string of the molecule is COc1ccccc1NC(=O)c1sc2ncn(C(C)C(=O)Nc3ccc(C)c(Cl)c3)c(=O)c2c1C. The van der Waals surface area contributed by atoms with Crippen molar-refractivity contribution >= 4 is 56.3 Å². The number of hydrogen-bond acceptors (Lipinski definition) is 6. The van der Waals surface area contributed by atoms with E-state index in [1.807, 2.05) is 6.92 Å². The number of thiophene rings is 1. The van der Waals surface area contributed by atoms with Gasteiger partial charge in [0.05, 0.1) is 29.4 Å². The standard InChI is InChI=1S/C25H23ClN4O4S/c1-13-9-10-16(11-17(13)26)28-22(31)15(3)30-12-27-24-20(25(30)33)14(2)21(35-24)23(32)29-18-7-5-6-8-19(18)34-4/h5-12,15H,1-4H3,(H,28,31)(H,29,32). The second-order valence-corrected chi connectivity index (χ2v) is 9.38. The zero-order chi connectivity index (χ0) is 25.3. The molecule has 2 amide bonds. The summed E-state index contributed by atoms with van der Waals surface area (Å²) in [5.41, 5.74) is 2.04. The Morgan fingerprint density at radius 1 is 1.14 bits per heavy atom. The number of carbonyl (C=O) groups excluding carboxylic acids is 2. The maximum Gasteiger partial charge on any atom is 0.266 e. The maximum absolute atomic E-state index is 13.3. The summed E-state index contributed by atoms with van der Waals surface area (Å²) in [7, 11) is 1.52. The molecule has 0 bridgehead atoms. The molecule has 4 rings (SSSR count). The first-order valence-corrected chi connectivity index (χ1v) is 11.9. The van der Waals surface area contributed by atoms with Crippen LogP contribution in [0.4, 0.5) is 11.4 Å². The highest BCUT2D eigenvalue weighted by molar-refractivity contribution is 7.20. The molecule has 0 spiro atoms. The number of para-hydroxylation sites is 2. The molecule has 4 aromatic rings. The lowest BCUT2D eigenvalue weighted by molar-refractivity contribution is -0.118. The summed E-state index contributed by atoms with van der Waals surface area (Å²) in [4.78, 5) is 44.3. The van der Waals surface area contributed by atoms with Gasteiger partial charge in [-0.2, -0.15) is 0 Å². The van der Waals surface area contributed by atoms with Crippen LogP contribution < -0.4 is 20.9 Å². The molecule has 2 aromatic carbocycles. The fourth-order valence-electron chi connectivity index (χ4n) is 3.60. The van der Waals surface area contributed by atoms with E-state index in [1.165, 1.54) is 18.0 Å². The zero-order valence-electron chi connectivity index (χ0n) is 19.5. The van der Waals surface area contributed by atoms with Crippen LogP contribution in [0.5, 0.6) is 5.75 Å². The van der Waals surface area contributed by atoms with Gasteiger partial charge in [0.2, 0.25) is 5.91 Å². The number of aromatic nitrogens is 2. The largest absolute Gasteiger partial charge is 0.495 e. The van der Waals surface area contributed by atoms with Gasteiger partial charge in [-0.25, -0.2) is 4.98 Å². The molecule has 0 fully saturated rings. The molecule has 0 radical (unpaired) electrons. The number of methoxy groups -OCH3 is 1. The van der Waals surface area contributed by atoms with Crippen LogP contribution in [0.2, 0.25) is 5.02 Å². The Bertz CT molecular complexity index is 1510. The number of nitrogens with one attached hydrogen (secondary N) is 2. The summed E-state index contributed by atoms with van der Waals surface area (Å²) in [6.07, 6.45) is 1.33. The predicted octanol–water partition coefficient (Wildman–Crippen LogP) is 5.19. The number of fused-ring (bicyclic) bond motifs is 1. The van der Waals surface area contributed by atoms with E-state index in [2.05, 4.69) is 15.6 Å². The summed E-state index contributed by atoms with van der Waals surface area (Å²) in [6, 6.07) is 11.4. The van der Waals surface area contributed by atoms with Gasteiger partial charge >= 0.3 is 0 Å². The van der Waals surface area contributed by atoms with Crippen LogP contribution in [0, 0.1) is 13.8 Å². The Balaban J connectivity index is 1.63. The molecule has 0 saturated heterocycles. The molecule has 180 valence electrons. The summed E-state index contributed by atoms with van der Waals surface area (Å²) in [5, 5.41) is 6.44. The highest BCUT2D eigenvalue weighted by Gasteiger charge is 2.23. The van der Waals surface area contributed by atoms with Gasteiger partial charge in [0.25, 0.3) is 11.5 Å². The third-order valence-electron chi connectivity index (χ3n) is 5.67. The van der Waals surface area contributed by atoms with E-state index < -0.39 is 17.5 Å². The van der Waals surface area contributed by atoms with E-state index in [-0.39, 0.29) is 5.91 Å². The fourth-order valence-corrected chi connectivity index (χ4v) is 4.82. The number of hydrogen-bond donors (Lipinski definition) is 2. The number of aryl methyl sites for hydroxylation is 2. The minimum atomic E-state index is -0.843. The van der Waals surface area contributed by atoms with E-state index in [0.717, 1.165) is 16.9 Å². The fraction of sp³-hybridized carbons (Fsp3) is 0.200. The second-order valence-electron chi connectivity index (χ2n) is 7.98. The van der Waals surface area contributed by atoms with Gasteiger partial charge in [-0.3, -0.25) is 19.0 Å². The minimum Gasteiger partial charge on any atom is -0.495 e. The molecule has 1 unspecified atom stereocenters. The molecule has 8 nitrogen and oxygen atoms in total. The minimum absolute atomic E-state index is 0.306. The molecular weight excluding hydrogens is 488 g/mol. The van der Waals surface area contributed by atoms with Crippen molar-refractivity contribution in [3.05, 3.63) is 80.2 Å². The van der Waals surface area contributed by atoms with E-state index in [9.17, 15) is 14.4 Å². The quantitative estimate of drug-likeness (QED) is 0.371. The van der Waals surface area contributed by atoms with Crippen LogP contribution >= 0.6 is 22.9 Å². The molecule has 1 atom stereocenters. The van der Waals surface area contributed by atoms with Crippen molar-refractivity contribution in [3.63, 3.8) is 0 Å². The Morgan fingerprint density at radius 2 is 1.89 bits per heavy atom. The Kier molecular flexibility index (Phi) is 6.90. The normalized spacial score (nSPS) is 11.8. The number of rotatable bonds is 6. The average molecular weight is 511 g/mol. The molecule has 0 aliphatic carbocycles. The monoisotopic (exact) mass is 510 g/mol. The molecule has 35 heavy (non-hydrogen) atoms. The van der Waals surface area contributed by atoms with Gasteiger partial charge in [-0.1, -0.05) is 29.8 Å². The molecule has 2 N–H and O–H groups in total.